The number of aromatic nitrogens is 5. The summed E-state index contributed by atoms with van der Waals surface area (Å²) in [5, 5.41) is 7.15. The number of hydrogen-bond donors (Lipinski definition) is 2. The summed E-state index contributed by atoms with van der Waals surface area (Å²) < 4.78 is 63.2. The minimum Gasteiger partial charge on any atom is -0.453 e. The van der Waals surface area contributed by atoms with Crippen LogP contribution in [0.1, 0.15) is 27.9 Å². The van der Waals surface area contributed by atoms with E-state index in [0.29, 0.717) is 48.5 Å². The van der Waals surface area contributed by atoms with Crippen molar-refractivity contribution in [1.29, 1.82) is 0 Å². The van der Waals surface area contributed by atoms with Crippen molar-refractivity contribution in [2.75, 3.05) is 39.8 Å². The van der Waals surface area contributed by atoms with Crippen LogP contribution in [0.3, 0.4) is 0 Å². The number of piperazine rings is 1. The van der Waals surface area contributed by atoms with Crippen LogP contribution in [0, 0.1) is 5.82 Å². The number of carbonyl (C=O) groups excluding carboxylic acids is 1. The molecule has 7 rings (SSSR count). The Labute approximate surface area is 267 Å². The predicted octanol–water partition coefficient (Wildman–Crippen LogP) is 5.17. The molecule has 4 aromatic heterocycles. The zero-order valence-electron chi connectivity index (χ0n) is 25.6. The Hall–Kier alpha value is -4.82. The van der Waals surface area contributed by atoms with Crippen LogP contribution < -0.4 is 4.74 Å². The topological polar surface area (TPSA) is 106 Å². The first-order chi connectivity index (χ1) is 22.6. The zero-order valence-corrected chi connectivity index (χ0v) is 25.6. The Kier molecular flexibility index (Phi) is 8.14. The summed E-state index contributed by atoms with van der Waals surface area (Å²) >= 11 is 0. The Morgan fingerprint density at radius 1 is 1.00 bits per heavy atom. The van der Waals surface area contributed by atoms with Gasteiger partial charge in [0.2, 0.25) is 5.91 Å². The van der Waals surface area contributed by atoms with Gasteiger partial charge in [0.1, 0.15) is 11.4 Å². The van der Waals surface area contributed by atoms with Gasteiger partial charge >= 0.3 is 6.18 Å². The molecule has 1 amide bonds. The number of nitrogens with one attached hydrogen (secondary N) is 2. The number of amides is 1. The SMILES string of the molecule is CN1CCN(Cc2ncc(CC(=O)N3CCc4ccc(Oc5c(F)cnc6[nH]c(-c7cn[nH]c7)cc56)cc4C3)cc2C(F)(F)F)CC1. The number of ether oxygens (including phenoxy) is 1. The van der Waals surface area contributed by atoms with Crippen LogP contribution in [0.5, 0.6) is 11.5 Å². The number of benzene rings is 1. The van der Waals surface area contributed by atoms with E-state index in [1.807, 2.05) is 18.0 Å². The fraction of sp³-hybridized carbons (Fsp3) is 0.333. The second-order valence-electron chi connectivity index (χ2n) is 12.1. The van der Waals surface area contributed by atoms with E-state index in [1.54, 1.807) is 35.5 Å². The molecule has 1 fully saturated rings. The lowest BCUT2D eigenvalue weighted by Gasteiger charge is -2.32. The second-order valence-corrected chi connectivity index (χ2v) is 12.1. The standard InChI is InChI=1S/C33H32F4N8O2/c1-43-6-8-44(9-7-43)19-29-26(33(35,36)37)10-20(14-38-29)11-30(46)45-5-4-21-2-3-24(12-22(21)18-45)47-31-25-13-28(23-15-40-41-16-23)42-32(25)39-17-27(31)34/h2-3,10,12-17H,4-9,11,18-19H2,1H3,(H,39,42)(H,40,41). The normalized spacial score (nSPS) is 16.1. The Balaban J connectivity index is 1.06. The summed E-state index contributed by atoms with van der Waals surface area (Å²) in [4.78, 5) is 30.5. The van der Waals surface area contributed by atoms with Crippen molar-refractivity contribution < 1.29 is 27.1 Å². The number of alkyl halides is 3. The van der Waals surface area contributed by atoms with Gasteiger partial charge in [-0.25, -0.2) is 9.37 Å². The lowest BCUT2D eigenvalue weighted by molar-refractivity contribution is -0.139. The van der Waals surface area contributed by atoms with E-state index >= 15 is 0 Å². The number of rotatable bonds is 7. The van der Waals surface area contributed by atoms with Crippen LogP contribution in [0.2, 0.25) is 0 Å². The quantitative estimate of drug-likeness (QED) is 0.235. The number of carbonyl (C=O) groups is 1. The minimum atomic E-state index is -4.59. The van der Waals surface area contributed by atoms with Crippen molar-refractivity contribution in [2.24, 2.45) is 0 Å². The maximum absolute atomic E-state index is 15.0. The third-order valence-corrected chi connectivity index (χ3v) is 8.79. The maximum atomic E-state index is 15.0. The number of H-pyrrole nitrogens is 2. The summed E-state index contributed by atoms with van der Waals surface area (Å²) in [5.74, 6) is -0.546. The monoisotopic (exact) mass is 648 g/mol. The summed E-state index contributed by atoms with van der Waals surface area (Å²) in [7, 11) is 1.99. The molecular formula is C33H32F4N8O2. The first-order valence-corrected chi connectivity index (χ1v) is 15.3. The third-order valence-electron chi connectivity index (χ3n) is 8.79. The van der Waals surface area contributed by atoms with Gasteiger partial charge in [-0.2, -0.15) is 18.3 Å². The molecule has 0 atom stereocenters. The van der Waals surface area contributed by atoms with Gasteiger partial charge in [0, 0.05) is 63.8 Å². The molecule has 0 spiro atoms. The number of halogens is 4. The number of hydrogen-bond acceptors (Lipinski definition) is 7. The molecule has 10 nitrogen and oxygen atoms in total. The summed E-state index contributed by atoms with van der Waals surface area (Å²) in [6.07, 6.45) is 1.58. The van der Waals surface area contributed by atoms with Crippen LogP contribution in [-0.2, 0) is 36.9 Å². The first-order valence-electron chi connectivity index (χ1n) is 15.3. The van der Waals surface area contributed by atoms with Crippen LogP contribution in [0.25, 0.3) is 22.3 Å². The summed E-state index contributed by atoms with van der Waals surface area (Å²) in [5.41, 5.74) is 3.13. The number of pyridine rings is 2. The van der Waals surface area contributed by atoms with Gasteiger partial charge in [-0.15, -0.1) is 0 Å². The fourth-order valence-corrected chi connectivity index (χ4v) is 6.12. The molecule has 0 radical (unpaired) electrons. The molecule has 2 aliphatic rings. The maximum Gasteiger partial charge on any atom is 0.418 e. The van der Waals surface area contributed by atoms with Crippen molar-refractivity contribution >= 4 is 16.9 Å². The van der Waals surface area contributed by atoms with Crippen molar-refractivity contribution in [3.63, 3.8) is 0 Å². The van der Waals surface area contributed by atoms with Crippen LogP contribution in [-0.4, -0.2) is 85.5 Å². The smallest absolute Gasteiger partial charge is 0.418 e. The van der Waals surface area contributed by atoms with Gasteiger partial charge in [0.05, 0.1) is 41.2 Å². The summed E-state index contributed by atoms with van der Waals surface area (Å²) in [6, 6.07) is 8.20. The highest BCUT2D eigenvalue weighted by Gasteiger charge is 2.35. The van der Waals surface area contributed by atoms with Crippen molar-refractivity contribution in [3.05, 3.63) is 88.9 Å². The van der Waals surface area contributed by atoms with Gasteiger partial charge in [0.15, 0.2) is 11.6 Å². The molecular weight excluding hydrogens is 616 g/mol. The molecule has 14 heteroatoms. The molecule has 1 aromatic carbocycles. The molecule has 47 heavy (non-hydrogen) atoms. The molecule has 0 aliphatic carbocycles. The third kappa shape index (κ3) is 6.56. The molecule has 5 aromatic rings. The average molecular weight is 649 g/mol. The molecule has 6 heterocycles. The fourth-order valence-electron chi connectivity index (χ4n) is 6.12. The minimum absolute atomic E-state index is 0.00808. The zero-order chi connectivity index (χ0) is 32.7. The van der Waals surface area contributed by atoms with E-state index in [1.165, 1.54) is 6.20 Å². The molecule has 244 valence electrons. The Morgan fingerprint density at radius 2 is 1.83 bits per heavy atom. The summed E-state index contributed by atoms with van der Waals surface area (Å²) in [6.45, 7) is 3.67. The van der Waals surface area contributed by atoms with E-state index < -0.39 is 17.6 Å². The van der Waals surface area contributed by atoms with Gasteiger partial charge in [-0.1, -0.05) is 6.07 Å². The van der Waals surface area contributed by atoms with Crippen molar-refractivity contribution in [2.45, 2.75) is 32.1 Å². The number of likely N-dealkylation sites (N-methyl/N-ethyl adjacent to an activating group) is 1. The number of fused-ring (bicyclic) bond motifs is 2. The van der Waals surface area contributed by atoms with Crippen molar-refractivity contribution in [3.8, 4) is 22.8 Å². The van der Waals surface area contributed by atoms with Crippen LogP contribution >= 0.6 is 0 Å². The molecule has 0 unspecified atom stereocenters. The molecule has 0 bridgehead atoms. The Bertz CT molecular complexity index is 1920. The van der Waals surface area contributed by atoms with E-state index in [0.717, 1.165) is 42.0 Å². The largest absolute Gasteiger partial charge is 0.453 e. The van der Waals surface area contributed by atoms with Gasteiger partial charge in [-0.3, -0.25) is 19.8 Å². The van der Waals surface area contributed by atoms with Crippen LogP contribution in [0.4, 0.5) is 17.6 Å². The highest BCUT2D eigenvalue weighted by atomic mass is 19.4. The molecule has 0 saturated carbocycles. The Morgan fingerprint density at radius 3 is 2.60 bits per heavy atom. The van der Waals surface area contributed by atoms with Gasteiger partial charge < -0.3 is 19.5 Å². The molecule has 2 N–H and O–H groups in total. The predicted molar refractivity (Wildman–Crippen MR) is 165 cm³/mol. The molecule has 2 aliphatic heterocycles. The molecule has 1 saturated heterocycles. The van der Waals surface area contributed by atoms with Gasteiger partial charge in [0.25, 0.3) is 0 Å². The van der Waals surface area contributed by atoms with E-state index in [9.17, 15) is 22.4 Å². The average Bonchev–Trinajstić information content (AvgIpc) is 3.74. The van der Waals surface area contributed by atoms with E-state index in [4.69, 9.17) is 4.74 Å². The number of nitrogens with zero attached hydrogens (tertiary/aromatic N) is 6. The lowest BCUT2D eigenvalue weighted by Crippen LogP contribution is -2.44. The van der Waals surface area contributed by atoms with E-state index in [2.05, 4.69) is 30.0 Å². The number of aromatic amines is 2. The lowest BCUT2D eigenvalue weighted by atomic mass is 9.98. The van der Waals surface area contributed by atoms with Gasteiger partial charge in [-0.05, 0) is 54.4 Å². The second kappa shape index (κ2) is 12.4. The highest BCUT2D eigenvalue weighted by molar-refractivity contribution is 5.88. The highest BCUT2D eigenvalue weighted by Crippen LogP contribution is 2.36. The van der Waals surface area contributed by atoms with E-state index in [-0.39, 0.29) is 42.4 Å². The van der Waals surface area contributed by atoms with Crippen molar-refractivity contribution in [1.82, 2.24) is 39.8 Å². The first kappa shape index (κ1) is 30.8. The van der Waals surface area contributed by atoms with Crippen LogP contribution in [0.15, 0.2) is 55.1 Å².